The molecule has 1 atom stereocenters. The number of likely N-dealkylation sites (N-methyl/N-ethyl adjacent to an activating group) is 1. The van der Waals surface area contributed by atoms with Gasteiger partial charge in [0.25, 0.3) is 0 Å². The third-order valence-electron chi connectivity index (χ3n) is 3.07. The Morgan fingerprint density at radius 1 is 1.21 bits per heavy atom. The predicted octanol–water partition coefficient (Wildman–Crippen LogP) is 2.11. The molecule has 0 saturated carbocycles. The van der Waals surface area contributed by atoms with Crippen molar-refractivity contribution >= 4 is 22.4 Å². The predicted molar refractivity (Wildman–Crippen MR) is 75.5 cm³/mol. The van der Waals surface area contributed by atoms with E-state index < -0.39 is 12.1 Å². The third-order valence-corrected chi connectivity index (χ3v) is 3.07. The van der Waals surface area contributed by atoms with E-state index in [0.717, 1.165) is 16.5 Å². The molecule has 19 heavy (non-hydrogen) atoms. The molecule has 0 aliphatic carbocycles. The summed E-state index contributed by atoms with van der Waals surface area (Å²) in [6, 6.07) is 14.1. The van der Waals surface area contributed by atoms with E-state index in [1.807, 2.05) is 54.4 Å². The minimum absolute atomic E-state index is 0.238. The van der Waals surface area contributed by atoms with Gasteiger partial charge in [-0.05, 0) is 22.9 Å². The van der Waals surface area contributed by atoms with Gasteiger partial charge in [0, 0.05) is 19.3 Å². The van der Waals surface area contributed by atoms with Gasteiger partial charge in [0.05, 0.1) is 12.5 Å². The molecule has 0 amide bonds. The Bertz CT molecular complexity index is 582. The van der Waals surface area contributed by atoms with E-state index in [2.05, 4.69) is 0 Å². The maximum absolute atomic E-state index is 10.5. The fourth-order valence-electron chi connectivity index (χ4n) is 2.10. The van der Waals surface area contributed by atoms with Gasteiger partial charge in [-0.25, -0.2) is 0 Å². The molecule has 2 rings (SSSR count). The summed E-state index contributed by atoms with van der Waals surface area (Å²) in [6.45, 7) is 0.296. The second-order valence-electron chi connectivity index (χ2n) is 4.66. The van der Waals surface area contributed by atoms with Gasteiger partial charge in [-0.15, -0.1) is 0 Å². The van der Waals surface area contributed by atoms with Crippen LogP contribution in [-0.4, -0.2) is 35.9 Å². The SMILES string of the molecule is CN(CC(O)CC(=O)O)c1ccc2ccccc2c1. The molecule has 0 radical (unpaired) electrons. The number of hydrogen-bond acceptors (Lipinski definition) is 3. The summed E-state index contributed by atoms with van der Waals surface area (Å²) < 4.78 is 0. The van der Waals surface area contributed by atoms with Crippen molar-refractivity contribution < 1.29 is 15.0 Å². The minimum atomic E-state index is -0.987. The van der Waals surface area contributed by atoms with Crippen molar-refractivity contribution in [3.8, 4) is 0 Å². The van der Waals surface area contributed by atoms with Crippen LogP contribution in [-0.2, 0) is 4.79 Å². The standard InChI is InChI=1S/C15H17NO3/c1-16(10-14(17)9-15(18)19)13-7-6-11-4-2-3-5-12(11)8-13/h2-8,14,17H,9-10H2,1H3,(H,18,19). The first-order valence-electron chi connectivity index (χ1n) is 6.16. The molecule has 2 N–H and O–H groups in total. The number of aliphatic hydroxyl groups excluding tert-OH is 1. The first kappa shape index (κ1) is 13.4. The van der Waals surface area contributed by atoms with Crippen LogP contribution in [0.3, 0.4) is 0 Å². The highest BCUT2D eigenvalue weighted by atomic mass is 16.4. The van der Waals surface area contributed by atoms with Crippen molar-refractivity contribution in [2.45, 2.75) is 12.5 Å². The maximum atomic E-state index is 10.5. The van der Waals surface area contributed by atoms with Crippen LogP contribution < -0.4 is 4.90 Å². The lowest BCUT2D eigenvalue weighted by Gasteiger charge is -2.22. The normalized spacial score (nSPS) is 12.3. The van der Waals surface area contributed by atoms with Crippen LogP contribution in [0.5, 0.6) is 0 Å². The van der Waals surface area contributed by atoms with E-state index in [9.17, 15) is 9.90 Å². The van der Waals surface area contributed by atoms with Gasteiger partial charge < -0.3 is 15.1 Å². The number of rotatable bonds is 5. The Morgan fingerprint density at radius 3 is 2.58 bits per heavy atom. The number of carboxylic acid groups (broad SMARTS) is 1. The number of benzene rings is 2. The van der Waals surface area contributed by atoms with Crippen molar-refractivity contribution in [2.75, 3.05) is 18.5 Å². The summed E-state index contributed by atoms with van der Waals surface area (Å²) in [5.74, 6) is -0.987. The maximum Gasteiger partial charge on any atom is 0.306 e. The van der Waals surface area contributed by atoms with Gasteiger partial charge in [0.2, 0.25) is 0 Å². The molecule has 0 bridgehead atoms. The molecule has 0 aromatic heterocycles. The highest BCUT2D eigenvalue weighted by Crippen LogP contribution is 2.21. The fraction of sp³-hybridized carbons (Fsp3) is 0.267. The minimum Gasteiger partial charge on any atom is -0.481 e. The van der Waals surface area contributed by atoms with Gasteiger partial charge in [0.15, 0.2) is 0 Å². The summed E-state index contributed by atoms with van der Waals surface area (Å²) in [4.78, 5) is 12.4. The average molecular weight is 259 g/mol. The molecule has 0 aliphatic heterocycles. The second-order valence-corrected chi connectivity index (χ2v) is 4.66. The first-order chi connectivity index (χ1) is 9.06. The van der Waals surface area contributed by atoms with Crippen molar-refractivity contribution in [3.05, 3.63) is 42.5 Å². The number of aliphatic hydroxyl groups is 1. The van der Waals surface area contributed by atoms with Gasteiger partial charge >= 0.3 is 5.97 Å². The smallest absolute Gasteiger partial charge is 0.306 e. The highest BCUT2D eigenvalue weighted by molar-refractivity contribution is 5.85. The van der Waals surface area contributed by atoms with E-state index >= 15 is 0 Å². The van der Waals surface area contributed by atoms with E-state index in [1.165, 1.54) is 0 Å². The summed E-state index contributed by atoms with van der Waals surface area (Å²) in [5, 5.41) is 20.6. The Kier molecular flexibility index (Phi) is 4.02. The number of hydrogen-bond donors (Lipinski definition) is 2. The first-order valence-corrected chi connectivity index (χ1v) is 6.16. The summed E-state index contributed by atoms with van der Waals surface area (Å²) in [6.07, 6.45) is -1.10. The molecule has 0 spiro atoms. The van der Waals surface area contributed by atoms with Crippen LogP contribution in [0.1, 0.15) is 6.42 Å². The Morgan fingerprint density at radius 2 is 1.89 bits per heavy atom. The number of nitrogens with zero attached hydrogens (tertiary/aromatic N) is 1. The molecule has 0 heterocycles. The third kappa shape index (κ3) is 3.45. The largest absolute Gasteiger partial charge is 0.481 e. The molecule has 0 aliphatic rings. The number of aliphatic carboxylic acids is 1. The number of carbonyl (C=O) groups is 1. The van der Waals surface area contributed by atoms with Gasteiger partial charge in [0.1, 0.15) is 0 Å². The summed E-state index contributed by atoms with van der Waals surface area (Å²) in [5.41, 5.74) is 0.961. The van der Waals surface area contributed by atoms with Crippen LogP contribution in [0.25, 0.3) is 10.8 Å². The molecule has 4 heteroatoms. The average Bonchev–Trinajstić information content (AvgIpc) is 2.37. The molecule has 2 aromatic rings. The summed E-state index contributed by atoms with van der Waals surface area (Å²) >= 11 is 0. The van der Waals surface area contributed by atoms with Crippen LogP contribution in [0.4, 0.5) is 5.69 Å². The van der Waals surface area contributed by atoms with E-state index in [1.54, 1.807) is 0 Å². The van der Waals surface area contributed by atoms with E-state index in [0.29, 0.717) is 6.54 Å². The van der Waals surface area contributed by atoms with Crippen LogP contribution in [0, 0.1) is 0 Å². The zero-order valence-electron chi connectivity index (χ0n) is 10.8. The van der Waals surface area contributed by atoms with Gasteiger partial charge in [-0.1, -0.05) is 30.3 Å². The number of anilines is 1. The second kappa shape index (κ2) is 5.71. The quantitative estimate of drug-likeness (QED) is 0.863. The molecular formula is C15H17NO3. The van der Waals surface area contributed by atoms with Gasteiger partial charge in [-0.2, -0.15) is 0 Å². The molecule has 0 fully saturated rings. The molecule has 4 nitrogen and oxygen atoms in total. The topological polar surface area (TPSA) is 60.8 Å². The lowest BCUT2D eigenvalue weighted by Crippen LogP contribution is -2.30. The molecule has 1 unspecified atom stereocenters. The van der Waals surface area contributed by atoms with Crippen LogP contribution >= 0.6 is 0 Å². The molecule has 0 saturated heterocycles. The Labute approximate surface area is 111 Å². The van der Waals surface area contributed by atoms with Crippen molar-refractivity contribution in [1.82, 2.24) is 0 Å². The van der Waals surface area contributed by atoms with Crippen molar-refractivity contribution in [2.24, 2.45) is 0 Å². The van der Waals surface area contributed by atoms with Gasteiger partial charge in [-0.3, -0.25) is 4.79 Å². The highest BCUT2D eigenvalue weighted by Gasteiger charge is 2.12. The molecule has 2 aromatic carbocycles. The zero-order valence-corrected chi connectivity index (χ0v) is 10.8. The lowest BCUT2D eigenvalue weighted by atomic mass is 10.1. The van der Waals surface area contributed by atoms with Crippen LogP contribution in [0.2, 0.25) is 0 Å². The fourth-order valence-corrected chi connectivity index (χ4v) is 2.10. The zero-order chi connectivity index (χ0) is 13.8. The van der Waals surface area contributed by atoms with Crippen molar-refractivity contribution in [1.29, 1.82) is 0 Å². The molecule has 100 valence electrons. The lowest BCUT2D eigenvalue weighted by molar-refractivity contribution is -0.139. The number of carboxylic acids is 1. The Hall–Kier alpha value is -2.07. The van der Waals surface area contributed by atoms with E-state index in [4.69, 9.17) is 5.11 Å². The summed E-state index contributed by atoms with van der Waals surface area (Å²) in [7, 11) is 1.84. The Balaban J connectivity index is 2.12. The monoisotopic (exact) mass is 259 g/mol. The van der Waals surface area contributed by atoms with Crippen LogP contribution in [0.15, 0.2) is 42.5 Å². The van der Waals surface area contributed by atoms with E-state index in [-0.39, 0.29) is 6.42 Å². The molecular weight excluding hydrogens is 242 g/mol. The number of fused-ring (bicyclic) bond motifs is 1. The van der Waals surface area contributed by atoms with Crippen molar-refractivity contribution in [3.63, 3.8) is 0 Å².